The SMILES string of the molecule is CC(=O)O[C@@H]1[C@H](OC(C)=O)[C@@H](C)O[C@H]1n1cc(F)c(NC(=O)Cc2ccccc2)nc1=O. The van der Waals surface area contributed by atoms with Gasteiger partial charge in [0, 0.05) is 13.8 Å². The summed E-state index contributed by atoms with van der Waals surface area (Å²) in [6, 6.07) is 8.77. The third-order valence-corrected chi connectivity index (χ3v) is 4.67. The van der Waals surface area contributed by atoms with Crippen LogP contribution >= 0.6 is 0 Å². The molecule has 0 saturated carbocycles. The second-order valence-electron chi connectivity index (χ2n) is 7.22. The molecule has 1 amide bonds. The number of benzene rings is 1. The van der Waals surface area contributed by atoms with Crippen molar-refractivity contribution >= 4 is 23.7 Å². The van der Waals surface area contributed by atoms with Crippen molar-refractivity contribution in [2.45, 2.75) is 51.7 Å². The highest BCUT2D eigenvalue weighted by Gasteiger charge is 2.48. The molecule has 1 N–H and O–H groups in total. The first-order valence-corrected chi connectivity index (χ1v) is 9.78. The Morgan fingerprint density at radius 1 is 1.12 bits per heavy atom. The standard InChI is InChI=1S/C21H22FN3O7/c1-11-17(31-12(2)26)18(32-13(3)27)20(30-11)25-10-15(22)19(24-21(25)29)23-16(28)9-14-7-5-4-6-8-14/h4-8,10-11,17-18,20H,9H2,1-3H3,(H,23,24,28,29)/t11-,17-,18-,20-/m1/s1. The molecule has 1 saturated heterocycles. The van der Waals surface area contributed by atoms with Crippen molar-refractivity contribution in [1.29, 1.82) is 0 Å². The van der Waals surface area contributed by atoms with Crippen LogP contribution in [-0.2, 0) is 35.0 Å². The van der Waals surface area contributed by atoms with Gasteiger partial charge < -0.3 is 19.5 Å². The monoisotopic (exact) mass is 447 g/mol. The Labute approximate surface area is 182 Å². The van der Waals surface area contributed by atoms with E-state index < -0.39 is 59.7 Å². The zero-order chi connectivity index (χ0) is 23.4. The summed E-state index contributed by atoms with van der Waals surface area (Å²) in [5.41, 5.74) is -0.257. The molecule has 11 heteroatoms. The largest absolute Gasteiger partial charge is 0.456 e. The lowest BCUT2D eigenvalue weighted by atomic mass is 10.1. The number of rotatable bonds is 6. The number of anilines is 1. The van der Waals surface area contributed by atoms with E-state index in [4.69, 9.17) is 14.2 Å². The Kier molecular flexibility index (Phi) is 6.98. The summed E-state index contributed by atoms with van der Waals surface area (Å²) in [5, 5.41) is 2.27. The lowest BCUT2D eigenvalue weighted by molar-refractivity contribution is -0.165. The maximum atomic E-state index is 14.7. The fourth-order valence-corrected chi connectivity index (χ4v) is 3.37. The van der Waals surface area contributed by atoms with Crippen molar-refractivity contribution in [1.82, 2.24) is 9.55 Å². The second-order valence-corrected chi connectivity index (χ2v) is 7.22. The van der Waals surface area contributed by atoms with Gasteiger partial charge in [-0.2, -0.15) is 4.98 Å². The number of nitrogens with one attached hydrogen (secondary N) is 1. The van der Waals surface area contributed by atoms with Gasteiger partial charge >= 0.3 is 17.6 Å². The summed E-state index contributed by atoms with van der Waals surface area (Å²) in [4.78, 5) is 51.3. The highest BCUT2D eigenvalue weighted by atomic mass is 19.1. The van der Waals surface area contributed by atoms with E-state index in [9.17, 15) is 23.6 Å². The number of aromatic nitrogens is 2. The van der Waals surface area contributed by atoms with Crippen LogP contribution < -0.4 is 11.0 Å². The summed E-state index contributed by atoms with van der Waals surface area (Å²) in [6.45, 7) is 3.86. The van der Waals surface area contributed by atoms with Crippen LogP contribution in [0.4, 0.5) is 10.2 Å². The maximum Gasteiger partial charge on any atom is 0.351 e. The lowest BCUT2D eigenvalue weighted by Crippen LogP contribution is -2.40. The molecule has 2 aromatic rings. The van der Waals surface area contributed by atoms with Gasteiger partial charge in [0.05, 0.1) is 18.7 Å². The van der Waals surface area contributed by atoms with Gasteiger partial charge in [-0.1, -0.05) is 30.3 Å². The first-order valence-electron chi connectivity index (χ1n) is 9.78. The molecule has 1 aliphatic heterocycles. The molecule has 1 aromatic carbocycles. The van der Waals surface area contributed by atoms with Crippen LogP contribution in [0.2, 0.25) is 0 Å². The van der Waals surface area contributed by atoms with Gasteiger partial charge in [-0.3, -0.25) is 19.0 Å². The summed E-state index contributed by atoms with van der Waals surface area (Å²) >= 11 is 0. The number of carbonyl (C=O) groups is 3. The molecule has 0 radical (unpaired) electrons. The fraction of sp³-hybridized carbons (Fsp3) is 0.381. The quantitative estimate of drug-likeness (QED) is 0.658. The predicted molar refractivity (Wildman–Crippen MR) is 108 cm³/mol. The van der Waals surface area contributed by atoms with Crippen molar-refractivity contribution in [3.8, 4) is 0 Å². The fourth-order valence-electron chi connectivity index (χ4n) is 3.37. The molecule has 0 aliphatic carbocycles. The predicted octanol–water partition coefficient (Wildman–Crippen LogP) is 1.34. The van der Waals surface area contributed by atoms with Crippen LogP contribution in [0.1, 0.15) is 32.6 Å². The van der Waals surface area contributed by atoms with E-state index in [2.05, 4.69) is 10.3 Å². The van der Waals surface area contributed by atoms with Crippen LogP contribution in [0.3, 0.4) is 0 Å². The Hall–Kier alpha value is -3.60. The van der Waals surface area contributed by atoms with Gasteiger partial charge in [0.25, 0.3) is 0 Å². The van der Waals surface area contributed by atoms with Gasteiger partial charge in [-0.15, -0.1) is 0 Å². The molecule has 4 atom stereocenters. The molecular weight excluding hydrogens is 425 g/mol. The van der Waals surface area contributed by atoms with Crippen LogP contribution in [0.25, 0.3) is 0 Å². The number of hydrogen-bond donors (Lipinski definition) is 1. The molecule has 32 heavy (non-hydrogen) atoms. The van der Waals surface area contributed by atoms with Crippen molar-refractivity contribution in [3.05, 3.63) is 58.4 Å². The van der Waals surface area contributed by atoms with Gasteiger partial charge in [0.2, 0.25) is 5.91 Å². The smallest absolute Gasteiger partial charge is 0.351 e. The van der Waals surface area contributed by atoms with Crippen molar-refractivity contribution in [2.75, 3.05) is 5.32 Å². The third kappa shape index (κ3) is 5.35. The van der Waals surface area contributed by atoms with E-state index in [-0.39, 0.29) is 6.42 Å². The Morgan fingerprint density at radius 2 is 1.75 bits per heavy atom. The lowest BCUT2D eigenvalue weighted by Gasteiger charge is -2.23. The van der Waals surface area contributed by atoms with E-state index in [1.165, 1.54) is 6.92 Å². The number of halogens is 1. The number of esters is 2. The summed E-state index contributed by atoms with van der Waals surface area (Å²) < 4.78 is 31.5. The van der Waals surface area contributed by atoms with Crippen molar-refractivity contribution in [2.24, 2.45) is 0 Å². The van der Waals surface area contributed by atoms with Gasteiger partial charge in [0.1, 0.15) is 0 Å². The molecule has 0 unspecified atom stereocenters. The van der Waals surface area contributed by atoms with E-state index in [0.717, 1.165) is 17.7 Å². The summed E-state index contributed by atoms with van der Waals surface area (Å²) in [7, 11) is 0. The molecule has 0 spiro atoms. The van der Waals surface area contributed by atoms with Crippen LogP contribution in [0, 0.1) is 5.82 Å². The molecule has 170 valence electrons. The number of ether oxygens (including phenoxy) is 3. The minimum absolute atomic E-state index is 0.0348. The van der Waals surface area contributed by atoms with E-state index in [1.807, 2.05) is 0 Å². The van der Waals surface area contributed by atoms with Crippen LogP contribution in [-0.4, -0.2) is 45.7 Å². The maximum absolute atomic E-state index is 14.7. The summed E-state index contributed by atoms with van der Waals surface area (Å²) in [5.74, 6) is -3.45. The highest BCUT2D eigenvalue weighted by Crippen LogP contribution is 2.33. The zero-order valence-electron chi connectivity index (χ0n) is 17.6. The number of nitrogens with zero attached hydrogens (tertiary/aromatic N) is 2. The normalized spacial score (nSPS) is 22.2. The molecule has 0 bridgehead atoms. The average Bonchev–Trinajstić information content (AvgIpc) is 2.99. The Bertz CT molecular complexity index is 1070. The van der Waals surface area contributed by atoms with Gasteiger partial charge in [-0.25, -0.2) is 9.18 Å². The minimum atomic E-state index is -1.29. The molecule has 3 rings (SSSR count). The van der Waals surface area contributed by atoms with Crippen LogP contribution in [0.15, 0.2) is 41.3 Å². The highest BCUT2D eigenvalue weighted by molar-refractivity contribution is 5.91. The molecule has 2 heterocycles. The molecule has 1 fully saturated rings. The van der Waals surface area contributed by atoms with Gasteiger partial charge in [-0.05, 0) is 12.5 Å². The molecular formula is C21H22FN3O7. The summed E-state index contributed by atoms with van der Waals surface area (Å²) in [6.07, 6.45) is -3.51. The van der Waals surface area contributed by atoms with E-state index >= 15 is 0 Å². The van der Waals surface area contributed by atoms with Crippen molar-refractivity contribution in [3.63, 3.8) is 0 Å². The third-order valence-electron chi connectivity index (χ3n) is 4.67. The first-order chi connectivity index (χ1) is 15.2. The first kappa shape index (κ1) is 23.1. The minimum Gasteiger partial charge on any atom is -0.456 e. The zero-order valence-corrected chi connectivity index (χ0v) is 17.6. The molecule has 1 aromatic heterocycles. The second kappa shape index (κ2) is 9.69. The number of carbonyl (C=O) groups excluding carboxylic acids is 3. The number of amides is 1. The topological polar surface area (TPSA) is 126 Å². The molecule has 10 nitrogen and oxygen atoms in total. The average molecular weight is 447 g/mol. The Balaban J connectivity index is 1.84. The van der Waals surface area contributed by atoms with E-state index in [1.54, 1.807) is 37.3 Å². The number of hydrogen-bond acceptors (Lipinski definition) is 8. The van der Waals surface area contributed by atoms with E-state index in [0.29, 0.717) is 5.56 Å². The van der Waals surface area contributed by atoms with Crippen LogP contribution in [0.5, 0.6) is 0 Å². The molecule has 1 aliphatic rings. The van der Waals surface area contributed by atoms with Crippen molar-refractivity contribution < 1.29 is 33.0 Å². The van der Waals surface area contributed by atoms with Gasteiger partial charge in [0.15, 0.2) is 30.1 Å². The Morgan fingerprint density at radius 3 is 2.38 bits per heavy atom.